The number of rotatable bonds is 6. The second-order valence-electron chi connectivity index (χ2n) is 5.19. The summed E-state index contributed by atoms with van der Waals surface area (Å²) >= 11 is 0. The zero-order valence-electron chi connectivity index (χ0n) is 13.2. The van der Waals surface area contributed by atoms with Gasteiger partial charge in [0, 0.05) is 5.69 Å². The number of fused-ring (bicyclic) bond motifs is 1. The third-order valence-electron chi connectivity index (χ3n) is 3.87. The molecule has 1 amide bonds. The van der Waals surface area contributed by atoms with Gasteiger partial charge in [-0.05, 0) is 23.8 Å². The van der Waals surface area contributed by atoms with Gasteiger partial charge in [0.05, 0.1) is 27.2 Å². The summed E-state index contributed by atoms with van der Waals surface area (Å²) in [5.41, 5.74) is 2.03. The maximum atomic E-state index is 12.1. The summed E-state index contributed by atoms with van der Waals surface area (Å²) in [6, 6.07) is 13.3. The van der Waals surface area contributed by atoms with E-state index in [1.54, 1.807) is 19.1 Å². The van der Waals surface area contributed by atoms with Crippen LogP contribution in [0.1, 0.15) is 5.56 Å². The Morgan fingerprint density at radius 3 is 2.39 bits per heavy atom. The lowest BCUT2D eigenvalue weighted by Gasteiger charge is -2.19. The highest BCUT2D eigenvalue weighted by Crippen LogP contribution is 2.37. The molecule has 0 saturated carbocycles. The lowest BCUT2D eigenvalue weighted by Crippen LogP contribution is -2.31. The molecule has 0 aliphatic carbocycles. The summed E-state index contributed by atoms with van der Waals surface area (Å²) in [7, 11) is 3.17. The molecule has 5 heteroatoms. The van der Waals surface area contributed by atoms with Crippen molar-refractivity contribution in [2.24, 2.45) is 0 Å². The van der Waals surface area contributed by atoms with E-state index < -0.39 is 0 Å². The van der Waals surface area contributed by atoms with E-state index in [0.717, 1.165) is 11.3 Å². The second-order valence-corrected chi connectivity index (χ2v) is 5.19. The minimum absolute atomic E-state index is 0.0989. The molecule has 0 fully saturated rings. The Hall–Kier alpha value is -2.69. The average Bonchev–Trinajstić information content (AvgIpc) is 2.90. The molecule has 2 aromatic carbocycles. The van der Waals surface area contributed by atoms with Gasteiger partial charge in [-0.2, -0.15) is 0 Å². The lowest BCUT2D eigenvalue weighted by atomic mass is 10.2. The number of para-hydroxylation sites is 2. The van der Waals surface area contributed by atoms with E-state index in [1.165, 1.54) is 0 Å². The van der Waals surface area contributed by atoms with Crippen molar-refractivity contribution < 1.29 is 19.0 Å². The predicted molar refractivity (Wildman–Crippen MR) is 87.5 cm³/mol. The molecular weight excluding hydrogens is 294 g/mol. The number of methoxy groups -OCH3 is 2. The number of hydrogen-bond donors (Lipinski definition) is 0. The Kier molecular flexibility index (Phi) is 4.37. The van der Waals surface area contributed by atoms with E-state index in [4.69, 9.17) is 14.2 Å². The molecular formula is C18H19NO4. The fourth-order valence-corrected chi connectivity index (χ4v) is 2.76. The Balaban J connectivity index is 1.70. The van der Waals surface area contributed by atoms with Crippen molar-refractivity contribution in [1.29, 1.82) is 0 Å². The van der Waals surface area contributed by atoms with Crippen LogP contribution in [0.15, 0.2) is 42.5 Å². The summed E-state index contributed by atoms with van der Waals surface area (Å²) < 4.78 is 16.4. The topological polar surface area (TPSA) is 48.0 Å². The number of ether oxygens (including phenoxy) is 3. The molecule has 0 saturated heterocycles. The molecule has 0 bridgehead atoms. The van der Waals surface area contributed by atoms with Crippen molar-refractivity contribution in [2.75, 3.05) is 32.3 Å². The van der Waals surface area contributed by atoms with Crippen molar-refractivity contribution in [3.8, 4) is 17.2 Å². The van der Waals surface area contributed by atoms with Gasteiger partial charge in [0.2, 0.25) is 11.7 Å². The number of nitrogens with zero attached hydrogens (tertiary/aromatic N) is 1. The van der Waals surface area contributed by atoms with Crippen molar-refractivity contribution in [2.45, 2.75) is 6.42 Å². The van der Waals surface area contributed by atoms with E-state index in [2.05, 4.69) is 0 Å². The van der Waals surface area contributed by atoms with Gasteiger partial charge in [0.1, 0.15) is 6.61 Å². The van der Waals surface area contributed by atoms with Crippen LogP contribution < -0.4 is 19.1 Å². The van der Waals surface area contributed by atoms with Crippen LogP contribution in [0.3, 0.4) is 0 Å². The van der Waals surface area contributed by atoms with E-state index in [9.17, 15) is 4.79 Å². The normalized spacial score (nSPS) is 13.0. The predicted octanol–water partition coefficient (Wildman–Crippen LogP) is 2.67. The lowest BCUT2D eigenvalue weighted by molar-refractivity contribution is -0.117. The Morgan fingerprint density at radius 1 is 1.00 bits per heavy atom. The third kappa shape index (κ3) is 2.95. The van der Waals surface area contributed by atoms with Gasteiger partial charge in [-0.3, -0.25) is 4.79 Å². The minimum atomic E-state index is 0.0989. The standard InChI is InChI=1S/C18H19NO4/c1-21-15-8-5-9-16(22-2)18(15)23-11-10-19-14-7-4-3-6-13(14)12-17(19)20/h3-9H,10-12H2,1-2H3. The quantitative estimate of drug-likeness (QED) is 0.822. The largest absolute Gasteiger partial charge is 0.493 e. The summed E-state index contributed by atoms with van der Waals surface area (Å²) in [5.74, 6) is 1.87. The van der Waals surface area contributed by atoms with Crippen LogP contribution in [-0.4, -0.2) is 33.3 Å². The van der Waals surface area contributed by atoms with Gasteiger partial charge in [-0.1, -0.05) is 24.3 Å². The Morgan fingerprint density at radius 2 is 1.70 bits per heavy atom. The van der Waals surface area contributed by atoms with Gasteiger partial charge in [-0.25, -0.2) is 0 Å². The number of hydrogen-bond acceptors (Lipinski definition) is 4. The third-order valence-corrected chi connectivity index (χ3v) is 3.87. The smallest absolute Gasteiger partial charge is 0.231 e. The molecule has 3 rings (SSSR count). The molecule has 120 valence electrons. The number of carbonyl (C=O) groups excluding carboxylic acids is 1. The van der Waals surface area contributed by atoms with Crippen LogP contribution >= 0.6 is 0 Å². The summed E-state index contributed by atoms with van der Waals surface area (Å²) in [5, 5.41) is 0. The van der Waals surface area contributed by atoms with Crippen LogP contribution in [-0.2, 0) is 11.2 Å². The van der Waals surface area contributed by atoms with E-state index in [0.29, 0.717) is 36.8 Å². The van der Waals surface area contributed by atoms with E-state index in [1.807, 2.05) is 42.5 Å². The van der Waals surface area contributed by atoms with Crippen molar-refractivity contribution in [3.63, 3.8) is 0 Å². The van der Waals surface area contributed by atoms with Crippen molar-refractivity contribution in [3.05, 3.63) is 48.0 Å². The molecule has 2 aromatic rings. The maximum Gasteiger partial charge on any atom is 0.231 e. The molecule has 0 unspecified atom stereocenters. The molecule has 5 nitrogen and oxygen atoms in total. The van der Waals surface area contributed by atoms with E-state index >= 15 is 0 Å². The highest BCUT2D eigenvalue weighted by atomic mass is 16.5. The fourth-order valence-electron chi connectivity index (χ4n) is 2.76. The second kappa shape index (κ2) is 6.60. The molecule has 1 aliphatic rings. The highest BCUT2D eigenvalue weighted by Gasteiger charge is 2.26. The monoisotopic (exact) mass is 313 g/mol. The van der Waals surface area contributed by atoms with Crippen LogP contribution in [0.25, 0.3) is 0 Å². The summed E-state index contributed by atoms with van der Waals surface area (Å²) in [6.45, 7) is 0.841. The number of amides is 1. The first-order chi connectivity index (χ1) is 11.2. The Bertz CT molecular complexity index is 692. The zero-order valence-corrected chi connectivity index (χ0v) is 13.2. The maximum absolute atomic E-state index is 12.1. The number of benzene rings is 2. The molecule has 0 N–H and O–H groups in total. The van der Waals surface area contributed by atoms with Crippen molar-refractivity contribution >= 4 is 11.6 Å². The molecule has 23 heavy (non-hydrogen) atoms. The van der Waals surface area contributed by atoms with Gasteiger partial charge < -0.3 is 19.1 Å². The van der Waals surface area contributed by atoms with Gasteiger partial charge >= 0.3 is 0 Å². The highest BCUT2D eigenvalue weighted by molar-refractivity contribution is 6.01. The first-order valence-corrected chi connectivity index (χ1v) is 7.46. The molecule has 0 atom stereocenters. The van der Waals surface area contributed by atoms with Gasteiger partial charge in [-0.15, -0.1) is 0 Å². The molecule has 0 radical (unpaired) electrons. The molecule has 1 aliphatic heterocycles. The summed E-state index contributed by atoms with van der Waals surface area (Å²) in [6.07, 6.45) is 0.453. The molecule has 1 heterocycles. The minimum Gasteiger partial charge on any atom is -0.493 e. The van der Waals surface area contributed by atoms with Crippen LogP contribution in [0.4, 0.5) is 5.69 Å². The van der Waals surface area contributed by atoms with Crippen LogP contribution in [0.5, 0.6) is 17.2 Å². The number of carbonyl (C=O) groups is 1. The number of anilines is 1. The molecule has 0 aromatic heterocycles. The first-order valence-electron chi connectivity index (χ1n) is 7.46. The molecule has 0 spiro atoms. The van der Waals surface area contributed by atoms with Crippen LogP contribution in [0, 0.1) is 0 Å². The van der Waals surface area contributed by atoms with Gasteiger partial charge in [0.15, 0.2) is 11.5 Å². The fraction of sp³-hybridized carbons (Fsp3) is 0.278. The van der Waals surface area contributed by atoms with Crippen LogP contribution in [0.2, 0.25) is 0 Å². The van der Waals surface area contributed by atoms with Crippen molar-refractivity contribution in [1.82, 2.24) is 0 Å². The zero-order chi connectivity index (χ0) is 16.2. The Labute approximate surface area is 135 Å². The first kappa shape index (κ1) is 15.2. The summed E-state index contributed by atoms with van der Waals surface area (Å²) in [4.78, 5) is 13.9. The van der Waals surface area contributed by atoms with Gasteiger partial charge in [0.25, 0.3) is 0 Å². The average molecular weight is 313 g/mol. The SMILES string of the molecule is COc1cccc(OC)c1OCCN1C(=O)Cc2ccccc21. The van der Waals surface area contributed by atoms with E-state index in [-0.39, 0.29) is 5.91 Å².